The van der Waals surface area contributed by atoms with Crippen molar-refractivity contribution in [1.82, 2.24) is 0 Å². The monoisotopic (exact) mass is 411 g/mol. The van der Waals surface area contributed by atoms with Crippen molar-refractivity contribution in [3.8, 4) is 0 Å². The van der Waals surface area contributed by atoms with E-state index in [0.29, 0.717) is 0 Å². The second kappa shape index (κ2) is 6.62. The third kappa shape index (κ3) is 3.66. The first-order valence-corrected chi connectivity index (χ1v) is 7.92. The maximum atomic E-state index is 12.3. The average molecular weight is 413 g/mol. The molecule has 21 heavy (non-hydrogen) atoms. The minimum absolute atomic E-state index is 0.343. The maximum Gasteiger partial charge on any atom is 0.335 e. The number of carbonyl (C=O) groups excluding carboxylic acids is 1. The second-order valence-electron chi connectivity index (χ2n) is 4.76. The molecule has 2 rings (SSSR count). The lowest BCUT2D eigenvalue weighted by Crippen LogP contribution is -2.41. The van der Waals surface area contributed by atoms with Crippen molar-refractivity contribution in [2.24, 2.45) is 0 Å². The summed E-state index contributed by atoms with van der Waals surface area (Å²) < 4.78 is 6.88. The molecule has 2 aromatic rings. The van der Waals surface area contributed by atoms with Gasteiger partial charge in [-0.05, 0) is 42.8 Å². The van der Waals surface area contributed by atoms with Crippen LogP contribution in [0.25, 0.3) is 0 Å². The molecule has 1 N–H and O–H groups in total. The van der Waals surface area contributed by atoms with Crippen molar-refractivity contribution in [3.05, 3.63) is 63.0 Å². The lowest BCUT2D eigenvalue weighted by atomic mass is 9.91. The van der Waals surface area contributed by atoms with Crippen LogP contribution < -0.4 is 5.32 Å². The van der Waals surface area contributed by atoms with Crippen LogP contribution in [-0.2, 0) is 15.1 Å². The van der Waals surface area contributed by atoms with Crippen molar-refractivity contribution in [3.63, 3.8) is 0 Å². The Morgan fingerprint density at radius 3 is 2.33 bits per heavy atom. The van der Waals surface area contributed by atoms with Crippen LogP contribution in [-0.4, -0.2) is 13.1 Å². The van der Waals surface area contributed by atoms with E-state index in [1.165, 1.54) is 7.11 Å². The molecule has 0 amide bonds. The first-order valence-electron chi connectivity index (χ1n) is 6.34. The Hall–Kier alpha value is -1.33. The predicted molar refractivity (Wildman–Crippen MR) is 91.3 cm³/mol. The van der Waals surface area contributed by atoms with Gasteiger partial charge in [-0.15, -0.1) is 0 Å². The Kier molecular flexibility index (Phi) is 5.06. The fraction of sp³-hybridized carbons (Fsp3) is 0.188. The van der Waals surface area contributed by atoms with Gasteiger partial charge in [-0.1, -0.05) is 50.1 Å². The number of ether oxygens (including phenoxy) is 1. The van der Waals surface area contributed by atoms with E-state index >= 15 is 0 Å². The molecule has 0 saturated carbocycles. The molecule has 0 aliphatic rings. The summed E-state index contributed by atoms with van der Waals surface area (Å²) in [7, 11) is 1.39. The molecule has 0 fully saturated rings. The van der Waals surface area contributed by atoms with Gasteiger partial charge in [-0.2, -0.15) is 0 Å². The van der Waals surface area contributed by atoms with E-state index in [9.17, 15) is 4.79 Å². The number of hydrogen-bond donors (Lipinski definition) is 1. The van der Waals surface area contributed by atoms with Gasteiger partial charge in [-0.25, -0.2) is 4.79 Å². The number of nitrogens with one attached hydrogen (secondary N) is 1. The Morgan fingerprint density at radius 1 is 1.10 bits per heavy atom. The van der Waals surface area contributed by atoms with E-state index in [-0.39, 0.29) is 5.97 Å². The number of halogens is 2. The summed E-state index contributed by atoms with van der Waals surface area (Å²) in [6.45, 7) is 1.81. The van der Waals surface area contributed by atoms with Gasteiger partial charge in [0.1, 0.15) is 0 Å². The number of carbonyl (C=O) groups is 1. The third-order valence-electron chi connectivity index (χ3n) is 3.23. The van der Waals surface area contributed by atoms with Gasteiger partial charge >= 0.3 is 5.97 Å². The lowest BCUT2D eigenvalue weighted by Gasteiger charge is -2.29. The second-order valence-corrected chi connectivity index (χ2v) is 6.59. The molecule has 3 nitrogen and oxygen atoms in total. The van der Waals surface area contributed by atoms with Crippen LogP contribution >= 0.6 is 31.9 Å². The zero-order valence-corrected chi connectivity index (χ0v) is 14.9. The van der Waals surface area contributed by atoms with E-state index in [1.807, 2.05) is 55.5 Å². The van der Waals surface area contributed by atoms with Gasteiger partial charge in [-0.3, -0.25) is 0 Å². The highest BCUT2D eigenvalue weighted by Gasteiger charge is 2.36. The van der Waals surface area contributed by atoms with Crippen LogP contribution in [0.4, 0.5) is 5.69 Å². The van der Waals surface area contributed by atoms with Gasteiger partial charge < -0.3 is 10.1 Å². The molecule has 0 aliphatic carbocycles. The molecule has 0 saturated heterocycles. The smallest absolute Gasteiger partial charge is 0.335 e. The predicted octanol–water partition coefficient (Wildman–Crippen LogP) is 4.71. The highest BCUT2D eigenvalue weighted by Crippen LogP contribution is 2.29. The van der Waals surface area contributed by atoms with E-state index in [2.05, 4.69) is 37.2 Å². The Labute approximate surface area is 141 Å². The van der Waals surface area contributed by atoms with Crippen LogP contribution in [0.15, 0.2) is 57.5 Å². The number of anilines is 1. The van der Waals surface area contributed by atoms with Gasteiger partial charge in [0.25, 0.3) is 0 Å². The minimum atomic E-state index is -0.962. The maximum absolute atomic E-state index is 12.3. The van der Waals surface area contributed by atoms with Crippen molar-refractivity contribution >= 4 is 43.5 Å². The van der Waals surface area contributed by atoms with Crippen molar-refractivity contribution in [2.75, 3.05) is 12.4 Å². The van der Waals surface area contributed by atoms with Crippen LogP contribution in [0.3, 0.4) is 0 Å². The van der Waals surface area contributed by atoms with Crippen molar-refractivity contribution < 1.29 is 9.53 Å². The highest BCUT2D eigenvalue weighted by molar-refractivity contribution is 9.10. The standard InChI is InChI=1S/C16H15Br2NO2/c1-16(15(20)21-2,11-6-8-12(17)9-7-11)19-14-5-3-4-13(18)10-14/h3-10,19H,1-2H3. The SMILES string of the molecule is COC(=O)C(C)(Nc1cccc(Br)c1)c1ccc(Br)cc1. The number of methoxy groups -OCH3 is 1. The Balaban J connectivity index is 2.42. The number of rotatable bonds is 4. The summed E-state index contributed by atoms with van der Waals surface area (Å²) in [6, 6.07) is 15.3. The van der Waals surface area contributed by atoms with Crippen LogP contribution in [0, 0.1) is 0 Å². The summed E-state index contributed by atoms with van der Waals surface area (Å²) in [6.07, 6.45) is 0. The summed E-state index contributed by atoms with van der Waals surface area (Å²) in [5.74, 6) is -0.343. The molecule has 0 aromatic heterocycles. The molecule has 110 valence electrons. The average Bonchev–Trinajstić information content (AvgIpc) is 2.46. The van der Waals surface area contributed by atoms with E-state index < -0.39 is 5.54 Å². The molecule has 0 spiro atoms. The first-order chi connectivity index (χ1) is 9.95. The zero-order chi connectivity index (χ0) is 15.5. The molecule has 0 bridgehead atoms. The third-order valence-corrected chi connectivity index (χ3v) is 4.26. The summed E-state index contributed by atoms with van der Waals surface area (Å²) in [5.41, 5.74) is 0.702. The van der Waals surface area contributed by atoms with Crippen LogP contribution in [0.5, 0.6) is 0 Å². The summed E-state index contributed by atoms with van der Waals surface area (Å²) in [4.78, 5) is 12.3. The fourth-order valence-electron chi connectivity index (χ4n) is 2.08. The van der Waals surface area contributed by atoms with E-state index in [4.69, 9.17) is 4.74 Å². The highest BCUT2D eigenvalue weighted by atomic mass is 79.9. The topological polar surface area (TPSA) is 38.3 Å². The van der Waals surface area contributed by atoms with Gasteiger partial charge in [0.05, 0.1) is 7.11 Å². The minimum Gasteiger partial charge on any atom is -0.467 e. The lowest BCUT2D eigenvalue weighted by molar-refractivity contribution is -0.145. The molecule has 0 heterocycles. The number of benzene rings is 2. The quantitative estimate of drug-likeness (QED) is 0.738. The molecule has 1 atom stereocenters. The summed E-state index contributed by atoms with van der Waals surface area (Å²) in [5, 5.41) is 3.26. The van der Waals surface area contributed by atoms with Gasteiger partial charge in [0.2, 0.25) is 0 Å². The summed E-state index contributed by atoms with van der Waals surface area (Å²) >= 11 is 6.83. The number of esters is 1. The van der Waals surface area contributed by atoms with Crippen molar-refractivity contribution in [2.45, 2.75) is 12.5 Å². The van der Waals surface area contributed by atoms with Crippen molar-refractivity contribution in [1.29, 1.82) is 0 Å². The zero-order valence-electron chi connectivity index (χ0n) is 11.7. The first kappa shape index (κ1) is 16.0. The molecule has 1 unspecified atom stereocenters. The molecule has 0 radical (unpaired) electrons. The van der Waals surface area contributed by atoms with Crippen LogP contribution in [0.1, 0.15) is 12.5 Å². The number of hydrogen-bond acceptors (Lipinski definition) is 3. The van der Waals surface area contributed by atoms with Gasteiger partial charge in [0.15, 0.2) is 5.54 Å². The largest absolute Gasteiger partial charge is 0.467 e. The molecule has 5 heteroatoms. The molecule has 2 aromatic carbocycles. The van der Waals surface area contributed by atoms with Gasteiger partial charge in [0, 0.05) is 14.6 Å². The molecular weight excluding hydrogens is 398 g/mol. The van der Waals surface area contributed by atoms with E-state index in [0.717, 1.165) is 20.2 Å². The molecular formula is C16H15Br2NO2. The molecule has 0 aliphatic heterocycles. The fourth-order valence-corrected chi connectivity index (χ4v) is 2.75. The van der Waals surface area contributed by atoms with Crippen LogP contribution in [0.2, 0.25) is 0 Å². The normalized spacial score (nSPS) is 13.3. The van der Waals surface area contributed by atoms with E-state index in [1.54, 1.807) is 0 Å². The Bertz CT molecular complexity index is 643. The Morgan fingerprint density at radius 2 is 1.76 bits per heavy atom.